The number of ketones is 1. The monoisotopic (exact) mass is 184 g/mol. The first-order valence-corrected chi connectivity index (χ1v) is 5.44. The Morgan fingerprint density at radius 3 is 1.85 bits per heavy atom. The Balaban J connectivity index is 3.88. The van der Waals surface area contributed by atoms with Crippen LogP contribution in [-0.2, 0) is 4.79 Å². The minimum atomic E-state index is 0.308. The van der Waals surface area contributed by atoms with Gasteiger partial charge in [0.25, 0.3) is 0 Å². The van der Waals surface area contributed by atoms with E-state index in [4.69, 9.17) is 0 Å². The van der Waals surface area contributed by atoms with Crippen molar-refractivity contribution >= 4 is 5.78 Å². The fourth-order valence-corrected chi connectivity index (χ4v) is 1.59. The predicted molar refractivity (Wildman–Crippen MR) is 57.7 cm³/mol. The molecule has 1 nitrogen and oxygen atoms in total. The lowest BCUT2D eigenvalue weighted by molar-refractivity contribution is -0.121. The van der Waals surface area contributed by atoms with Crippen LogP contribution >= 0.6 is 0 Å². The number of carbonyl (C=O) groups excluding carboxylic acids is 1. The summed E-state index contributed by atoms with van der Waals surface area (Å²) in [6.07, 6.45) is 3.31. The first-order valence-electron chi connectivity index (χ1n) is 5.44. The summed E-state index contributed by atoms with van der Waals surface area (Å²) in [5.74, 6) is 2.03. The van der Waals surface area contributed by atoms with Gasteiger partial charge in [-0.15, -0.1) is 0 Å². The van der Waals surface area contributed by atoms with E-state index in [0.29, 0.717) is 23.5 Å². The number of Topliss-reactive ketones (excluding diaryl/α,β-unsaturated/α-hetero) is 1. The molecule has 78 valence electrons. The van der Waals surface area contributed by atoms with Gasteiger partial charge in [-0.1, -0.05) is 34.1 Å². The van der Waals surface area contributed by atoms with Crippen LogP contribution in [0.25, 0.3) is 0 Å². The molecule has 1 unspecified atom stereocenters. The fraction of sp³-hybridized carbons (Fsp3) is 0.917. The van der Waals surface area contributed by atoms with Gasteiger partial charge >= 0.3 is 0 Å². The van der Waals surface area contributed by atoms with Gasteiger partial charge in [0.05, 0.1) is 0 Å². The molecule has 0 fully saturated rings. The maximum atomic E-state index is 11.3. The molecule has 0 aliphatic carbocycles. The van der Waals surface area contributed by atoms with Gasteiger partial charge in [-0.25, -0.2) is 0 Å². The van der Waals surface area contributed by atoms with Gasteiger partial charge in [0.2, 0.25) is 0 Å². The molecule has 0 bridgehead atoms. The average molecular weight is 184 g/mol. The molecule has 0 aliphatic heterocycles. The molecule has 13 heavy (non-hydrogen) atoms. The maximum Gasteiger partial charge on any atom is 0.132 e. The number of hydrogen-bond acceptors (Lipinski definition) is 1. The third-order valence-electron chi connectivity index (χ3n) is 2.42. The Kier molecular flexibility index (Phi) is 6.02. The largest absolute Gasteiger partial charge is 0.300 e. The second-order valence-corrected chi connectivity index (χ2v) is 4.91. The van der Waals surface area contributed by atoms with E-state index in [-0.39, 0.29) is 0 Å². The molecule has 0 saturated carbocycles. The van der Waals surface area contributed by atoms with Crippen LogP contribution in [0.4, 0.5) is 0 Å². The van der Waals surface area contributed by atoms with Gasteiger partial charge in [-0.3, -0.25) is 4.79 Å². The van der Waals surface area contributed by atoms with Crippen LogP contribution in [0.3, 0.4) is 0 Å². The highest BCUT2D eigenvalue weighted by Crippen LogP contribution is 2.20. The molecule has 0 rings (SSSR count). The Morgan fingerprint density at radius 2 is 1.54 bits per heavy atom. The quantitative estimate of drug-likeness (QED) is 0.615. The summed E-state index contributed by atoms with van der Waals surface area (Å²) in [7, 11) is 0. The molecule has 0 heterocycles. The van der Waals surface area contributed by atoms with E-state index in [2.05, 4.69) is 27.7 Å². The maximum absolute atomic E-state index is 11.3. The van der Waals surface area contributed by atoms with Crippen molar-refractivity contribution in [2.24, 2.45) is 17.8 Å². The SMILES string of the molecule is CC(=O)C(CCC(C)C)CC(C)C. The number of rotatable bonds is 6. The van der Waals surface area contributed by atoms with Crippen LogP contribution in [-0.4, -0.2) is 5.78 Å². The minimum absolute atomic E-state index is 0.308. The van der Waals surface area contributed by atoms with E-state index in [1.807, 2.05) is 0 Å². The van der Waals surface area contributed by atoms with Crippen molar-refractivity contribution in [2.45, 2.75) is 53.9 Å². The molecule has 1 heteroatoms. The predicted octanol–water partition coefficient (Wildman–Crippen LogP) is 3.67. The molecular weight excluding hydrogens is 160 g/mol. The van der Waals surface area contributed by atoms with E-state index in [0.717, 1.165) is 12.8 Å². The van der Waals surface area contributed by atoms with Crippen molar-refractivity contribution in [3.63, 3.8) is 0 Å². The van der Waals surface area contributed by atoms with Crippen molar-refractivity contribution < 1.29 is 4.79 Å². The third kappa shape index (κ3) is 6.80. The summed E-state index contributed by atoms with van der Waals surface area (Å²) < 4.78 is 0. The molecule has 0 spiro atoms. The lowest BCUT2D eigenvalue weighted by Gasteiger charge is -2.16. The second-order valence-electron chi connectivity index (χ2n) is 4.91. The van der Waals surface area contributed by atoms with Gasteiger partial charge in [-0.05, 0) is 31.6 Å². The molecule has 1 atom stereocenters. The Morgan fingerprint density at radius 1 is 1.00 bits per heavy atom. The lowest BCUT2D eigenvalue weighted by Crippen LogP contribution is -2.14. The van der Waals surface area contributed by atoms with E-state index in [1.165, 1.54) is 6.42 Å². The van der Waals surface area contributed by atoms with Crippen LogP contribution in [0.5, 0.6) is 0 Å². The first-order chi connectivity index (χ1) is 5.93. The molecule has 0 aromatic rings. The van der Waals surface area contributed by atoms with Crippen LogP contribution in [0.1, 0.15) is 53.9 Å². The highest BCUT2D eigenvalue weighted by atomic mass is 16.1. The van der Waals surface area contributed by atoms with E-state index < -0.39 is 0 Å². The highest BCUT2D eigenvalue weighted by Gasteiger charge is 2.15. The molecule has 0 radical (unpaired) electrons. The third-order valence-corrected chi connectivity index (χ3v) is 2.42. The number of carbonyl (C=O) groups is 1. The van der Waals surface area contributed by atoms with E-state index in [9.17, 15) is 4.79 Å². The zero-order chi connectivity index (χ0) is 10.4. The van der Waals surface area contributed by atoms with Crippen LogP contribution in [0.2, 0.25) is 0 Å². The van der Waals surface area contributed by atoms with Gasteiger partial charge in [-0.2, -0.15) is 0 Å². The normalized spacial score (nSPS) is 13.8. The average Bonchev–Trinajstić information content (AvgIpc) is 1.96. The molecule has 0 N–H and O–H groups in total. The molecule has 0 saturated heterocycles. The Labute approximate surface area is 82.9 Å². The van der Waals surface area contributed by atoms with Gasteiger partial charge < -0.3 is 0 Å². The van der Waals surface area contributed by atoms with Gasteiger partial charge in [0.15, 0.2) is 0 Å². The summed E-state index contributed by atoms with van der Waals surface area (Å²) in [6.45, 7) is 10.5. The molecule has 0 amide bonds. The molecule has 0 aliphatic rings. The van der Waals surface area contributed by atoms with Crippen molar-refractivity contribution in [1.29, 1.82) is 0 Å². The summed E-state index contributed by atoms with van der Waals surface area (Å²) >= 11 is 0. The van der Waals surface area contributed by atoms with Gasteiger partial charge in [0, 0.05) is 5.92 Å². The summed E-state index contributed by atoms with van der Waals surface area (Å²) in [4.78, 5) is 11.3. The zero-order valence-electron chi connectivity index (χ0n) is 9.76. The minimum Gasteiger partial charge on any atom is -0.300 e. The zero-order valence-corrected chi connectivity index (χ0v) is 9.76. The summed E-state index contributed by atoms with van der Waals surface area (Å²) in [5, 5.41) is 0. The van der Waals surface area contributed by atoms with Gasteiger partial charge in [0.1, 0.15) is 5.78 Å². The first kappa shape index (κ1) is 12.7. The summed E-state index contributed by atoms with van der Waals surface area (Å²) in [6, 6.07) is 0. The second kappa shape index (κ2) is 6.17. The molecule has 0 aromatic carbocycles. The smallest absolute Gasteiger partial charge is 0.132 e. The molecular formula is C12H24O. The highest BCUT2D eigenvalue weighted by molar-refractivity contribution is 5.78. The van der Waals surface area contributed by atoms with Crippen molar-refractivity contribution in [1.82, 2.24) is 0 Å². The van der Waals surface area contributed by atoms with E-state index in [1.54, 1.807) is 6.92 Å². The summed E-state index contributed by atoms with van der Waals surface area (Å²) in [5.41, 5.74) is 0. The van der Waals surface area contributed by atoms with Crippen LogP contribution in [0.15, 0.2) is 0 Å². The Hall–Kier alpha value is -0.330. The lowest BCUT2D eigenvalue weighted by atomic mass is 9.88. The van der Waals surface area contributed by atoms with Crippen molar-refractivity contribution in [3.8, 4) is 0 Å². The standard InChI is InChI=1S/C12H24O/c1-9(2)6-7-12(11(5)13)8-10(3)4/h9-10,12H,6-8H2,1-5H3. The van der Waals surface area contributed by atoms with Crippen LogP contribution < -0.4 is 0 Å². The number of hydrogen-bond donors (Lipinski definition) is 0. The fourth-order valence-electron chi connectivity index (χ4n) is 1.59. The van der Waals surface area contributed by atoms with Crippen molar-refractivity contribution in [2.75, 3.05) is 0 Å². The topological polar surface area (TPSA) is 17.1 Å². The van der Waals surface area contributed by atoms with Crippen LogP contribution in [0, 0.1) is 17.8 Å². The Bertz CT molecular complexity index is 147. The van der Waals surface area contributed by atoms with Crippen molar-refractivity contribution in [3.05, 3.63) is 0 Å². The van der Waals surface area contributed by atoms with E-state index >= 15 is 0 Å². The molecule has 0 aromatic heterocycles.